The highest BCUT2D eigenvalue weighted by molar-refractivity contribution is 6.33. The molecule has 8 heteroatoms. The number of nitrogens with zero attached hydrogens (tertiary/aromatic N) is 2. The Bertz CT molecular complexity index is 685. The number of carbonyl (C=O) groups is 2. The van der Waals surface area contributed by atoms with E-state index >= 15 is 0 Å². The van der Waals surface area contributed by atoms with Crippen molar-refractivity contribution in [2.24, 2.45) is 0 Å². The summed E-state index contributed by atoms with van der Waals surface area (Å²) in [5.74, 6) is -0.999. The summed E-state index contributed by atoms with van der Waals surface area (Å²) in [6, 6.07) is 4.71. The zero-order valence-electron chi connectivity index (χ0n) is 11.9. The van der Waals surface area contributed by atoms with Crippen LogP contribution in [0.5, 0.6) is 0 Å². The van der Waals surface area contributed by atoms with Gasteiger partial charge in [-0.15, -0.1) is 0 Å². The fourth-order valence-corrected chi connectivity index (χ4v) is 1.97. The molecule has 0 radical (unpaired) electrons. The molecule has 0 bridgehead atoms. The minimum Gasteiger partial charge on any atom is -0.465 e. The van der Waals surface area contributed by atoms with E-state index in [1.54, 1.807) is 12.1 Å². The normalized spacial score (nSPS) is 10.1. The van der Waals surface area contributed by atoms with E-state index < -0.39 is 11.9 Å². The number of nitrogens with one attached hydrogen (secondary N) is 1. The van der Waals surface area contributed by atoms with Crippen LogP contribution in [0.15, 0.2) is 24.4 Å². The van der Waals surface area contributed by atoms with Crippen LogP contribution in [0.4, 0.5) is 5.82 Å². The van der Waals surface area contributed by atoms with Gasteiger partial charge in [0.1, 0.15) is 0 Å². The lowest BCUT2D eigenvalue weighted by atomic mass is 10.1. The summed E-state index contributed by atoms with van der Waals surface area (Å²) in [5.41, 5.74) is 6.78. The van der Waals surface area contributed by atoms with Crippen molar-refractivity contribution in [3.8, 4) is 11.3 Å². The molecule has 1 amide bonds. The van der Waals surface area contributed by atoms with Crippen LogP contribution in [0.2, 0.25) is 5.02 Å². The van der Waals surface area contributed by atoms with E-state index in [1.807, 2.05) is 0 Å². The second-order valence-corrected chi connectivity index (χ2v) is 4.66. The van der Waals surface area contributed by atoms with Gasteiger partial charge < -0.3 is 15.8 Å². The third kappa shape index (κ3) is 2.99. The van der Waals surface area contributed by atoms with Gasteiger partial charge in [0.2, 0.25) is 0 Å². The zero-order chi connectivity index (χ0) is 16.3. The Hall–Kier alpha value is -2.67. The monoisotopic (exact) mass is 320 g/mol. The predicted octanol–water partition coefficient (Wildman–Crippen LogP) is 1.53. The lowest BCUT2D eigenvalue weighted by Crippen LogP contribution is -2.21. The first-order valence-electron chi connectivity index (χ1n) is 6.20. The number of hydrogen-bond donors (Lipinski definition) is 2. The Morgan fingerprint density at radius 3 is 2.73 bits per heavy atom. The van der Waals surface area contributed by atoms with Crippen molar-refractivity contribution in [2.45, 2.75) is 0 Å². The lowest BCUT2D eigenvalue weighted by Gasteiger charge is -2.08. The van der Waals surface area contributed by atoms with Crippen LogP contribution >= 0.6 is 11.6 Å². The first kappa shape index (κ1) is 15.7. The lowest BCUT2D eigenvalue weighted by molar-refractivity contribution is 0.0601. The summed E-state index contributed by atoms with van der Waals surface area (Å²) in [6.45, 7) is 0. The molecule has 0 aliphatic heterocycles. The van der Waals surface area contributed by atoms with Crippen LogP contribution in [0, 0.1) is 0 Å². The maximum absolute atomic E-state index is 11.7. The van der Waals surface area contributed by atoms with E-state index in [-0.39, 0.29) is 22.1 Å². The number of amides is 1. The number of halogens is 1. The Kier molecular flexibility index (Phi) is 4.57. The molecule has 22 heavy (non-hydrogen) atoms. The third-order valence-electron chi connectivity index (χ3n) is 2.91. The van der Waals surface area contributed by atoms with Gasteiger partial charge in [-0.1, -0.05) is 17.7 Å². The minimum absolute atomic E-state index is 0.00886. The average molecular weight is 321 g/mol. The molecule has 0 aliphatic carbocycles. The molecule has 2 rings (SSSR count). The Labute approximate surface area is 131 Å². The molecular weight excluding hydrogens is 308 g/mol. The van der Waals surface area contributed by atoms with Crippen molar-refractivity contribution in [1.29, 1.82) is 0 Å². The third-order valence-corrected chi connectivity index (χ3v) is 3.24. The molecule has 0 aliphatic rings. The highest BCUT2D eigenvalue weighted by Crippen LogP contribution is 2.25. The van der Waals surface area contributed by atoms with Crippen LogP contribution in [-0.2, 0) is 4.74 Å². The number of aromatic nitrogens is 2. The number of ether oxygens (including phenoxy) is 1. The van der Waals surface area contributed by atoms with Crippen molar-refractivity contribution in [3.63, 3.8) is 0 Å². The maximum Gasteiger partial charge on any atom is 0.339 e. The second kappa shape index (κ2) is 6.40. The predicted molar refractivity (Wildman–Crippen MR) is 81.6 cm³/mol. The van der Waals surface area contributed by atoms with Crippen molar-refractivity contribution in [3.05, 3.63) is 40.7 Å². The van der Waals surface area contributed by atoms with Gasteiger partial charge >= 0.3 is 5.97 Å². The number of nitrogen functional groups attached to an aromatic ring is 1. The van der Waals surface area contributed by atoms with Crippen LogP contribution < -0.4 is 11.1 Å². The summed E-state index contributed by atoms with van der Waals surface area (Å²) in [4.78, 5) is 31.5. The Balaban J connectivity index is 2.53. The topological polar surface area (TPSA) is 107 Å². The number of hydrogen-bond acceptors (Lipinski definition) is 6. The number of benzene rings is 1. The largest absolute Gasteiger partial charge is 0.465 e. The fourth-order valence-electron chi connectivity index (χ4n) is 1.77. The first-order chi connectivity index (χ1) is 10.5. The van der Waals surface area contributed by atoms with Gasteiger partial charge in [-0.3, -0.25) is 4.79 Å². The van der Waals surface area contributed by atoms with Crippen LogP contribution in [0.3, 0.4) is 0 Å². The number of anilines is 1. The van der Waals surface area contributed by atoms with Crippen molar-refractivity contribution in [2.75, 3.05) is 19.9 Å². The molecule has 0 atom stereocenters. The number of carbonyl (C=O) groups excluding carboxylic acids is 2. The molecule has 0 saturated carbocycles. The zero-order valence-corrected chi connectivity index (χ0v) is 12.6. The smallest absolute Gasteiger partial charge is 0.339 e. The summed E-state index contributed by atoms with van der Waals surface area (Å²) in [6.07, 6.45) is 1.41. The van der Waals surface area contributed by atoms with E-state index in [0.29, 0.717) is 11.3 Å². The van der Waals surface area contributed by atoms with Gasteiger partial charge in [-0.2, -0.15) is 0 Å². The number of rotatable bonds is 3. The van der Waals surface area contributed by atoms with Crippen molar-refractivity contribution in [1.82, 2.24) is 15.3 Å². The summed E-state index contributed by atoms with van der Waals surface area (Å²) < 4.78 is 4.66. The van der Waals surface area contributed by atoms with Crippen molar-refractivity contribution >= 4 is 29.3 Å². The Morgan fingerprint density at radius 1 is 1.36 bits per heavy atom. The SMILES string of the molecule is CNC(=O)c1nc(-c2ccc(Cl)c(C(=O)OC)c2)cnc1N. The van der Waals surface area contributed by atoms with Gasteiger partial charge in [0, 0.05) is 12.6 Å². The van der Waals surface area contributed by atoms with E-state index in [0.717, 1.165) is 0 Å². The fraction of sp³-hybridized carbons (Fsp3) is 0.143. The molecule has 114 valence electrons. The van der Waals surface area contributed by atoms with E-state index in [4.69, 9.17) is 17.3 Å². The molecule has 0 saturated heterocycles. The summed E-state index contributed by atoms with van der Waals surface area (Å²) in [7, 11) is 2.73. The van der Waals surface area contributed by atoms with Crippen LogP contribution in [0.25, 0.3) is 11.3 Å². The summed E-state index contributed by atoms with van der Waals surface area (Å²) >= 11 is 5.97. The number of methoxy groups -OCH3 is 1. The molecule has 0 fully saturated rings. The van der Waals surface area contributed by atoms with E-state index in [1.165, 1.54) is 26.4 Å². The maximum atomic E-state index is 11.7. The standard InChI is InChI=1S/C14H13ClN4O3/c1-17-13(20)11-12(16)18-6-10(19-11)7-3-4-9(15)8(5-7)14(21)22-2/h3-6H,1-2H3,(H2,16,18)(H,17,20). The molecule has 3 N–H and O–H groups in total. The van der Waals surface area contributed by atoms with Gasteiger partial charge in [-0.05, 0) is 12.1 Å². The van der Waals surface area contributed by atoms with Gasteiger partial charge in [0.25, 0.3) is 5.91 Å². The van der Waals surface area contributed by atoms with Crippen LogP contribution in [0.1, 0.15) is 20.8 Å². The molecular formula is C14H13ClN4O3. The molecule has 0 spiro atoms. The average Bonchev–Trinajstić information content (AvgIpc) is 2.54. The molecule has 1 heterocycles. The highest BCUT2D eigenvalue weighted by Gasteiger charge is 2.16. The molecule has 1 aromatic carbocycles. The van der Waals surface area contributed by atoms with Crippen LogP contribution in [-0.4, -0.2) is 36.0 Å². The van der Waals surface area contributed by atoms with Gasteiger partial charge in [0.05, 0.1) is 29.6 Å². The van der Waals surface area contributed by atoms with Gasteiger partial charge in [-0.25, -0.2) is 14.8 Å². The highest BCUT2D eigenvalue weighted by atomic mass is 35.5. The quantitative estimate of drug-likeness (QED) is 0.830. The molecule has 2 aromatic rings. The second-order valence-electron chi connectivity index (χ2n) is 4.25. The summed E-state index contributed by atoms with van der Waals surface area (Å²) in [5, 5.41) is 2.69. The van der Waals surface area contributed by atoms with Gasteiger partial charge in [0.15, 0.2) is 11.5 Å². The van der Waals surface area contributed by atoms with Crippen molar-refractivity contribution < 1.29 is 14.3 Å². The Morgan fingerprint density at radius 2 is 2.09 bits per heavy atom. The first-order valence-corrected chi connectivity index (χ1v) is 6.58. The minimum atomic E-state index is -0.568. The van der Waals surface area contributed by atoms with E-state index in [9.17, 15) is 9.59 Å². The number of esters is 1. The van der Waals surface area contributed by atoms with E-state index in [2.05, 4.69) is 20.0 Å². The number of nitrogens with two attached hydrogens (primary N) is 1. The molecule has 0 unspecified atom stereocenters. The molecule has 7 nitrogen and oxygen atoms in total. The molecule has 1 aromatic heterocycles.